The Labute approximate surface area is 214 Å². The first-order valence-electron chi connectivity index (χ1n) is 12.1. The van der Waals surface area contributed by atoms with Crippen molar-refractivity contribution in [3.63, 3.8) is 0 Å². The Morgan fingerprint density at radius 3 is 2.35 bits per heavy atom. The molecule has 0 spiro atoms. The number of methoxy groups -OCH3 is 3. The van der Waals surface area contributed by atoms with Crippen LogP contribution in [0.15, 0.2) is 52.9 Å². The number of phenols is 1. The molecule has 194 valence electrons. The van der Waals surface area contributed by atoms with E-state index in [2.05, 4.69) is 0 Å². The first-order valence-corrected chi connectivity index (χ1v) is 12.1. The molecule has 0 amide bonds. The molecular weight excluding hydrogens is 476 g/mol. The maximum Gasteiger partial charge on any atom is 0.176 e. The van der Waals surface area contributed by atoms with E-state index in [1.54, 1.807) is 32.4 Å². The van der Waals surface area contributed by atoms with Crippen LogP contribution in [0.3, 0.4) is 0 Å². The highest BCUT2D eigenvalue weighted by Crippen LogP contribution is 2.52. The molecule has 8 nitrogen and oxygen atoms in total. The first-order chi connectivity index (χ1) is 18.0. The molecule has 37 heavy (non-hydrogen) atoms. The maximum absolute atomic E-state index is 10.4. The number of phenolic OH excluding ortho intramolecular Hbond substituents is 1. The second-order valence-electron chi connectivity index (χ2n) is 9.01. The topological polar surface area (TPSA) is 111 Å². The predicted octanol–water partition coefficient (Wildman–Crippen LogP) is 4.97. The second-order valence-corrected chi connectivity index (χ2v) is 9.01. The number of hydrogen-bond acceptors (Lipinski definition) is 8. The van der Waals surface area contributed by atoms with Crippen LogP contribution in [-0.2, 0) is 6.42 Å². The zero-order valence-corrected chi connectivity index (χ0v) is 21.0. The molecule has 0 aliphatic carbocycles. The Morgan fingerprint density at radius 2 is 1.65 bits per heavy atom. The third-order valence-corrected chi connectivity index (χ3v) is 6.81. The summed E-state index contributed by atoms with van der Waals surface area (Å²) in [6, 6.07) is 14.7. The van der Waals surface area contributed by atoms with Crippen molar-refractivity contribution in [2.24, 2.45) is 0 Å². The minimum absolute atomic E-state index is 0.0296. The van der Waals surface area contributed by atoms with Crippen LogP contribution in [0.25, 0.3) is 22.3 Å². The number of aryl methyl sites for hydroxylation is 1. The van der Waals surface area contributed by atoms with Gasteiger partial charge in [-0.15, -0.1) is 0 Å². The average Bonchev–Trinajstić information content (AvgIpc) is 3.52. The summed E-state index contributed by atoms with van der Waals surface area (Å²) in [5, 5.41) is 30.5. The van der Waals surface area contributed by atoms with Gasteiger partial charge in [-0.1, -0.05) is 6.07 Å². The minimum atomic E-state index is -0.497. The molecule has 0 unspecified atom stereocenters. The van der Waals surface area contributed by atoms with Gasteiger partial charge in [0.2, 0.25) is 0 Å². The van der Waals surface area contributed by atoms with Crippen molar-refractivity contribution in [2.75, 3.05) is 34.5 Å². The van der Waals surface area contributed by atoms with Crippen molar-refractivity contribution >= 4 is 11.0 Å². The number of aliphatic hydroxyl groups excluding tert-OH is 2. The van der Waals surface area contributed by atoms with Gasteiger partial charge in [0.1, 0.15) is 11.9 Å². The van der Waals surface area contributed by atoms with Gasteiger partial charge in [0.15, 0.2) is 34.3 Å². The number of benzene rings is 3. The van der Waals surface area contributed by atoms with Crippen LogP contribution in [0.2, 0.25) is 0 Å². The number of ether oxygens (including phenoxy) is 4. The maximum atomic E-state index is 10.4. The van der Waals surface area contributed by atoms with Crippen LogP contribution in [0.1, 0.15) is 35.1 Å². The van der Waals surface area contributed by atoms with Crippen LogP contribution >= 0.6 is 0 Å². The van der Waals surface area contributed by atoms with E-state index >= 15 is 0 Å². The van der Waals surface area contributed by atoms with E-state index in [9.17, 15) is 15.3 Å². The molecule has 1 aliphatic heterocycles. The standard InChI is InChI=1S/C29H30O8/c1-33-24-12-17(6-7-22(24)32)27-21(15-31)20-11-18(13-26(35-3)29(20)37-27)23-14-19-9-16(5-4-8-30)10-25(34-2)28(19)36-23/h6-7,9-14,21,27,30-32H,4-5,8,15H2,1-3H3/t21-,27+/m1/s1. The van der Waals surface area contributed by atoms with E-state index in [4.69, 9.17) is 23.4 Å². The van der Waals surface area contributed by atoms with Gasteiger partial charge in [0.05, 0.1) is 33.9 Å². The number of fused-ring (bicyclic) bond motifs is 2. The van der Waals surface area contributed by atoms with Crippen LogP contribution < -0.4 is 18.9 Å². The summed E-state index contributed by atoms with van der Waals surface area (Å²) in [6.07, 6.45) is 0.899. The molecule has 1 aromatic heterocycles. The summed E-state index contributed by atoms with van der Waals surface area (Å²) in [7, 11) is 4.66. The average molecular weight is 507 g/mol. The van der Waals surface area contributed by atoms with Crippen molar-refractivity contribution in [1.29, 1.82) is 0 Å². The van der Waals surface area contributed by atoms with Crippen molar-refractivity contribution in [1.82, 2.24) is 0 Å². The molecule has 3 N–H and O–H groups in total. The van der Waals surface area contributed by atoms with Gasteiger partial charge in [0, 0.05) is 23.1 Å². The lowest BCUT2D eigenvalue weighted by Gasteiger charge is -2.18. The summed E-state index contributed by atoms with van der Waals surface area (Å²) < 4.78 is 29.1. The third-order valence-electron chi connectivity index (χ3n) is 6.81. The normalized spacial score (nSPS) is 16.5. The number of aromatic hydroxyl groups is 1. The zero-order chi connectivity index (χ0) is 26.1. The molecular formula is C29H30O8. The van der Waals surface area contributed by atoms with Gasteiger partial charge in [-0.2, -0.15) is 0 Å². The summed E-state index contributed by atoms with van der Waals surface area (Å²) in [5.74, 6) is 2.32. The summed E-state index contributed by atoms with van der Waals surface area (Å²) in [5.41, 5.74) is 4.02. The van der Waals surface area contributed by atoms with Gasteiger partial charge >= 0.3 is 0 Å². The molecule has 0 saturated carbocycles. The Kier molecular flexibility index (Phi) is 6.86. The summed E-state index contributed by atoms with van der Waals surface area (Å²) in [4.78, 5) is 0. The SMILES string of the molecule is COc1cc([C@@H]2Oc3c(OC)cc(-c4cc5cc(CCCO)cc(OC)c5o4)cc3[C@H]2CO)ccc1O. The summed E-state index contributed by atoms with van der Waals surface area (Å²) in [6.45, 7) is -0.0342. The molecule has 0 bridgehead atoms. The smallest absolute Gasteiger partial charge is 0.176 e. The number of aliphatic hydroxyl groups is 2. The lowest BCUT2D eigenvalue weighted by Crippen LogP contribution is -2.13. The number of rotatable bonds is 9. The second kappa shape index (κ2) is 10.2. The van der Waals surface area contributed by atoms with Crippen LogP contribution in [0, 0.1) is 0 Å². The molecule has 2 heterocycles. The van der Waals surface area contributed by atoms with Gasteiger partial charge in [-0.05, 0) is 66.4 Å². The largest absolute Gasteiger partial charge is 0.504 e. The quantitative estimate of drug-likeness (QED) is 0.292. The molecule has 1 aliphatic rings. The van der Waals surface area contributed by atoms with Crippen molar-refractivity contribution in [2.45, 2.75) is 24.9 Å². The predicted molar refractivity (Wildman–Crippen MR) is 138 cm³/mol. The van der Waals surface area contributed by atoms with Crippen LogP contribution in [0.5, 0.6) is 28.7 Å². The lowest BCUT2D eigenvalue weighted by molar-refractivity contribution is 0.157. The molecule has 8 heteroatoms. The van der Waals surface area contributed by atoms with E-state index in [0.29, 0.717) is 40.8 Å². The highest BCUT2D eigenvalue weighted by Gasteiger charge is 2.38. The van der Waals surface area contributed by atoms with Gasteiger partial charge in [0.25, 0.3) is 0 Å². The molecule has 5 rings (SSSR count). The van der Waals surface area contributed by atoms with Gasteiger partial charge in [-0.25, -0.2) is 0 Å². The van der Waals surface area contributed by atoms with E-state index in [1.165, 1.54) is 7.11 Å². The minimum Gasteiger partial charge on any atom is -0.504 e. The van der Waals surface area contributed by atoms with E-state index in [-0.39, 0.29) is 24.9 Å². The molecule has 0 radical (unpaired) electrons. The number of hydrogen-bond donors (Lipinski definition) is 3. The molecule has 0 saturated heterocycles. The van der Waals surface area contributed by atoms with Crippen molar-refractivity contribution < 1.29 is 38.7 Å². The summed E-state index contributed by atoms with van der Waals surface area (Å²) >= 11 is 0. The molecule has 0 fully saturated rings. The first kappa shape index (κ1) is 24.8. The molecule has 2 atom stereocenters. The van der Waals surface area contributed by atoms with E-state index in [1.807, 2.05) is 30.3 Å². The van der Waals surface area contributed by atoms with Crippen molar-refractivity contribution in [3.8, 4) is 40.1 Å². The Bertz CT molecular complexity index is 1420. The number of furan rings is 1. The van der Waals surface area contributed by atoms with Crippen molar-refractivity contribution in [3.05, 3.63) is 65.2 Å². The molecule has 4 aromatic rings. The van der Waals surface area contributed by atoms with Crippen LogP contribution in [-0.4, -0.2) is 49.9 Å². The monoisotopic (exact) mass is 506 g/mol. The highest BCUT2D eigenvalue weighted by atomic mass is 16.5. The third kappa shape index (κ3) is 4.43. The van der Waals surface area contributed by atoms with Gasteiger partial charge < -0.3 is 38.7 Å². The Morgan fingerprint density at radius 1 is 0.865 bits per heavy atom. The van der Waals surface area contributed by atoms with E-state index < -0.39 is 6.10 Å². The zero-order valence-electron chi connectivity index (χ0n) is 21.0. The Hall–Kier alpha value is -3.88. The lowest BCUT2D eigenvalue weighted by atomic mass is 9.90. The fourth-order valence-electron chi connectivity index (χ4n) is 4.96. The molecule has 3 aromatic carbocycles. The Balaban J connectivity index is 1.57. The fourth-order valence-corrected chi connectivity index (χ4v) is 4.96. The van der Waals surface area contributed by atoms with E-state index in [0.717, 1.165) is 34.1 Å². The van der Waals surface area contributed by atoms with Crippen LogP contribution in [0.4, 0.5) is 0 Å². The fraction of sp³-hybridized carbons (Fsp3) is 0.310. The highest BCUT2D eigenvalue weighted by molar-refractivity contribution is 5.88. The van der Waals surface area contributed by atoms with Gasteiger partial charge in [-0.3, -0.25) is 0 Å².